The third kappa shape index (κ3) is 1.96. The molecule has 0 bridgehead atoms. The number of carbonyl (C=O) groups excluding carboxylic acids is 2. The maximum Gasteiger partial charge on any atom is 0.231 e. The van der Waals surface area contributed by atoms with Crippen molar-refractivity contribution in [1.29, 1.82) is 0 Å². The first kappa shape index (κ1) is 11.5. The zero-order chi connectivity index (χ0) is 12.7. The fourth-order valence-electron chi connectivity index (χ4n) is 2.24. The highest BCUT2D eigenvalue weighted by Gasteiger charge is 2.28. The Hall–Kier alpha value is -1.56. The van der Waals surface area contributed by atoms with Gasteiger partial charge in [-0.15, -0.1) is 0 Å². The number of piperidine rings is 1. The Morgan fingerprint density at radius 3 is 2.61 bits per heavy atom. The van der Waals surface area contributed by atoms with Gasteiger partial charge >= 0.3 is 0 Å². The minimum absolute atomic E-state index is 0.1000. The lowest BCUT2D eigenvalue weighted by molar-refractivity contribution is -0.133. The molecule has 94 valence electrons. The molecule has 0 unspecified atom stereocenters. The second-order valence-corrected chi connectivity index (χ2v) is 5.17. The van der Waals surface area contributed by atoms with Crippen molar-refractivity contribution in [2.75, 3.05) is 6.79 Å². The van der Waals surface area contributed by atoms with Crippen LogP contribution in [0.4, 0.5) is 0 Å². The van der Waals surface area contributed by atoms with Crippen LogP contribution >= 0.6 is 15.9 Å². The summed E-state index contributed by atoms with van der Waals surface area (Å²) < 4.78 is 11.4. The molecule has 2 amide bonds. The summed E-state index contributed by atoms with van der Waals surface area (Å²) in [6.07, 6.45) is 0.635. The number of carbonyl (C=O) groups is 2. The van der Waals surface area contributed by atoms with E-state index >= 15 is 0 Å². The van der Waals surface area contributed by atoms with E-state index in [-0.39, 0.29) is 24.5 Å². The van der Waals surface area contributed by atoms with Gasteiger partial charge in [0.05, 0.1) is 4.47 Å². The lowest BCUT2D eigenvalue weighted by Crippen LogP contribution is -2.37. The van der Waals surface area contributed by atoms with Crippen LogP contribution < -0.4 is 14.8 Å². The van der Waals surface area contributed by atoms with Gasteiger partial charge < -0.3 is 9.47 Å². The zero-order valence-electron chi connectivity index (χ0n) is 9.36. The van der Waals surface area contributed by atoms with Crippen molar-refractivity contribution in [3.8, 4) is 11.5 Å². The third-order valence-corrected chi connectivity index (χ3v) is 3.65. The first-order valence-corrected chi connectivity index (χ1v) is 6.34. The van der Waals surface area contributed by atoms with Gasteiger partial charge in [-0.2, -0.15) is 0 Å². The van der Waals surface area contributed by atoms with Gasteiger partial charge in [0.1, 0.15) is 0 Å². The van der Waals surface area contributed by atoms with Crippen LogP contribution in [-0.4, -0.2) is 18.6 Å². The second kappa shape index (κ2) is 4.28. The van der Waals surface area contributed by atoms with Gasteiger partial charge in [0.15, 0.2) is 11.5 Å². The summed E-state index contributed by atoms with van der Waals surface area (Å²) in [5.74, 6) is 0.760. The van der Waals surface area contributed by atoms with Crippen LogP contribution in [0, 0.1) is 0 Å². The first-order chi connectivity index (χ1) is 8.63. The summed E-state index contributed by atoms with van der Waals surface area (Å²) in [4.78, 5) is 22.8. The number of ether oxygens (including phenoxy) is 2. The highest BCUT2D eigenvalue weighted by Crippen LogP contribution is 2.42. The Balaban J connectivity index is 1.95. The van der Waals surface area contributed by atoms with Gasteiger partial charge in [0, 0.05) is 18.8 Å². The molecule has 5 nitrogen and oxygen atoms in total. The van der Waals surface area contributed by atoms with E-state index in [9.17, 15) is 9.59 Å². The van der Waals surface area contributed by atoms with Crippen LogP contribution in [0.3, 0.4) is 0 Å². The topological polar surface area (TPSA) is 64.6 Å². The van der Waals surface area contributed by atoms with Gasteiger partial charge in [-0.1, -0.05) is 0 Å². The van der Waals surface area contributed by atoms with Crippen molar-refractivity contribution in [3.05, 3.63) is 22.2 Å². The van der Waals surface area contributed by atoms with E-state index in [1.54, 1.807) is 0 Å². The fourth-order valence-corrected chi connectivity index (χ4v) is 2.81. The molecule has 2 aliphatic rings. The van der Waals surface area contributed by atoms with E-state index in [4.69, 9.17) is 9.47 Å². The lowest BCUT2D eigenvalue weighted by atomic mass is 9.89. The maximum atomic E-state index is 11.4. The smallest absolute Gasteiger partial charge is 0.231 e. The summed E-state index contributed by atoms with van der Waals surface area (Å²) in [6.45, 7) is 0.196. The summed E-state index contributed by atoms with van der Waals surface area (Å²) in [5.41, 5.74) is 0.911. The van der Waals surface area contributed by atoms with Crippen LogP contribution in [0.1, 0.15) is 24.3 Å². The molecule has 1 aromatic carbocycles. The third-order valence-electron chi connectivity index (χ3n) is 3.06. The van der Waals surface area contributed by atoms with Crippen molar-refractivity contribution in [3.63, 3.8) is 0 Å². The van der Waals surface area contributed by atoms with E-state index < -0.39 is 0 Å². The number of nitrogens with one attached hydrogen (secondary N) is 1. The van der Waals surface area contributed by atoms with Gasteiger partial charge in [-0.3, -0.25) is 14.9 Å². The molecular weight excluding hydrogens is 302 g/mol. The Bertz CT molecular complexity index is 527. The number of imide groups is 1. The molecular formula is C12H10BrNO4. The van der Waals surface area contributed by atoms with Crippen LogP contribution in [0.15, 0.2) is 16.6 Å². The predicted octanol–water partition coefficient (Wildman–Crippen LogP) is 1.70. The van der Waals surface area contributed by atoms with Gasteiger partial charge in [0.25, 0.3) is 0 Å². The summed E-state index contributed by atoms with van der Waals surface area (Å²) in [7, 11) is 0. The molecule has 0 radical (unpaired) electrons. The number of amides is 2. The van der Waals surface area contributed by atoms with Crippen LogP contribution in [0.25, 0.3) is 0 Å². The van der Waals surface area contributed by atoms with E-state index in [2.05, 4.69) is 21.2 Å². The Morgan fingerprint density at radius 1 is 1.17 bits per heavy atom. The van der Waals surface area contributed by atoms with Crippen molar-refractivity contribution in [1.82, 2.24) is 5.32 Å². The van der Waals surface area contributed by atoms with E-state index in [1.807, 2.05) is 12.1 Å². The van der Waals surface area contributed by atoms with Crippen molar-refractivity contribution in [2.45, 2.75) is 18.8 Å². The summed E-state index contributed by atoms with van der Waals surface area (Å²) in [6, 6.07) is 3.72. The number of fused-ring (bicyclic) bond motifs is 1. The van der Waals surface area contributed by atoms with E-state index in [1.165, 1.54) is 0 Å². The lowest BCUT2D eigenvalue weighted by Gasteiger charge is -2.21. The molecule has 2 aliphatic heterocycles. The first-order valence-electron chi connectivity index (χ1n) is 5.55. The minimum atomic E-state index is -0.231. The standard InChI is InChI=1S/C12H10BrNO4/c13-8-1-6(2-9-12(8)18-5-17-9)7-3-10(15)14-11(16)4-7/h1-2,7H,3-5H2,(H,14,15,16). The average Bonchev–Trinajstić information content (AvgIpc) is 2.76. The average molecular weight is 312 g/mol. The van der Waals surface area contributed by atoms with Gasteiger partial charge in [-0.25, -0.2) is 0 Å². The highest BCUT2D eigenvalue weighted by atomic mass is 79.9. The molecule has 1 fully saturated rings. The summed E-state index contributed by atoms with van der Waals surface area (Å²) in [5, 5.41) is 2.30. The molecule has 0 aromatic heterocycles. The van der Waals surface area contributed by atoms with Crippen molar-refractivity contribution >= 4 is 27.7 Å². The molecule has 1 N–H and O–H groups in total. The Morgan fingerprint density at radius 2 is 1.89 bits per heavy atom. The zero-order valence-corrected chi connectivity index (χ0v) is 11.0. The maximum absolute atomic E-state index is 11.4. The largest absolute Gasteiger partial charge is 0.454 e. The molecule has 3 rings (SSSR count). The molecule has 2 heterocycles. The number of rotatable bonds is 1. The molecule has 6 heteroatoms. The van der Waals surface area contributed by atoms with Crippen molar-refractivity contribution in [2.24, 2.45) is 0 Å². The van der Waals surface area contributed by atoms with Gasteiger partial charge in [0.2, 0.25) is 18.6 Å². The van der Waals surface area contributed by atoms with Crippen LogP contribution in [0.2, 0.25) is 0 Å². The van der Waals surface area contributed by atoms with E-state index in [0.717, 1.165) is 10.0 Å². The number of hydrogen-bond acceptors (Lipinski definition) is 4. The molecule has 1 saturated heterocycles. The van der Waals surface area contributed by atoms with Gasteiger partial charge in [-0.05, 0) is 33.6 Å². The molecule has 0 spiro atoms. The fraction of sp³-hybridized carbons (Fsp3) is 0.333. The second-order valence-electron chi connectivity index (χ2n) is 4.31. The van der Waals surface area contributed by atoms with Crippen molar-refractivity contribution < 1.29 is 19.1 Å². The molecule has 1 aromatic rings. The minimum Gasteiger partial charge on any atom is -0.454 e. The van der Waals surface area contributed by atoms with Crippen LogP contribution in [0.5, 0.6) is 11.5 Å². The normalized spacial score (nSPS) is 18.9. The quantitative estimate of drug-likeness (QED) is 0.802. The Labute approximate surface area is 112 Å². The highest BCUT2D eigenvalue weighted by molar-refractivity contribution is 9.10. The monoisotopic (exact) mass is 311 g/mol. The number of halogens is 1. The van der Waals surface area contributed by atoms with E-state index in [0.29, 0.717) is 24.3 Å². The predicted molar refractivity (Wildman–Crippen MR) is 65.4 cm³/mol. The number of hydrogen-bond donors (Lipinski definition) is 1. The SMILES string of the molecule is O=C1CC(c2cc(Br)c3c(c2)OCO3)CC(=O)N1. The molecule has 0 saturated carbocycles. The Kier molecular flexibility index (Phi) is 2.74. The molecule has 0 atom stereocenters. The number of benzene rings is 1. The summed E-state index contributed by atoms with van der Waals surface area (Å²) >= 11 is 3.40. The molecule has 0 aliphatic carbocycles. The molecule has 18 heavy (non-hydrogen) atoms. The van der Waals surface area contributed by atoms with Crippen LogP contribution in [-0.2, 0) is 9.59 Å².